The van der Waals surface area contributed by atoms with E-state index in [9.17, 15) is 0 Å². The number of nitrogens with two attached hydrogens (primary N) is 1. The highest BCUT2D eigenvalue weighted by Gasteiger charge is 2.22. The fourth-order valence-electron chi connectivity index (χ4n) is 1.42. The van der Waals surface area contributed by atoms with Crippen molar-refractivity contribution in [1.29, 1.82) is 0 Å². The smallest absolute Gasteiger partial charge is 0.191 e. The number of hydrogen-bond acceptors (Lipinski definition) is 2. The first-order valence-corrected chi connectivity index (χ1v) is 4.36. The van der Waals surface area contributed by atoms with Crippen molar-refractivity contribution in [3.63, 3.8) is 0 Å². The van der Waals surface area contributed by atoms with Gasteiger partial charge in [-0.25, -0.2) is 0 Å². The van der Waals surface area contributed by atoms with Crippen LogP contribution in [0.15, 0.2) is 4.99 Å². The molecule has 0 amide bonds. The van der Waals surface area contributed by atoms with E-state index in [2.05, 4.69) is 16.8 Å². The molecule has 4 heteroatoms. The first-order valence-electron chi connectivity index (χ1n) is 4.36. The van der Waals surface area contributed by atoms with Gasteiger partial charge in [0, 0.05) is 13.6 Å². The van der Waals surface area contributed by atoms with Crippen LogP contribution in [0.3, 0.4) is 0 Å². The van der Waals surface area contributed by atoms with Crippen LogP contribution in [-0.2, 0) is 4.74 Å². The Morgan fingerprint density at radius 1 is 1.75 bits per heavy atom. The minimum absolute atomic E-state index is 0.405. The van der Waals surface area contributed by atoms with Crippen LogP contribution in [0, 0.1) is 0 Å². The van der Waals surface area contributed by atoms with Gasteiger partial charge in [-0.15, -0.1) is 0 Å². The van der Waals surface area contributed by atoms with Gasteiger partial charge < -0.3 is 15.4 Å². The number of ether oxygens (including phenoxy) is 1. The third-order valence-corrected chi connectivity index (χ3v) is 2.22. The van der Waals surface area contributed by atoms with Crippen molar-refractivity contribution in [1.82, 2.24) is 4.90 Å². The molecule has 4 nitrogen and oxygen atoms in total. The minimum atomic E-state index is 0.405. The van der Waals surface area contributed by atoms with Crippen LogP contribution in [-0.4, -0.2) is 43.7 Å². The first kappa shape index (κ1) is 9.32. The Labute approximate surface area is 73.4 Å². The van der Waals surface area contributed by atoms with E-state index in [-0.39, 0.29) is 0 Å². The quantitative estimate of drug-likeness (QED) is 0.448. The molecule has 1 aliphatic heterocycles. The van der Waals surface area contributed by atoms with Gasteiger partial charge in [0.05, 0.1) is 19.3 Å². The Bertz CT molecular complexity index is 170. The van der Waals surface area contributed by atoms with E-state index in [4.69, 9.17) is 10.5 Å². The maximum Gasteiger partial charge on any atom is 0.191 e. The molecular weight excluding hydrogens is 154 g/mol. The summed E-state index contributed by atoms with van der Waals surface area (Å²) in [7, 11) is 1.72. The van der Waals surface area contributed by atoms with Gasteiger partial charge in [-0.05, 0) is 6.42 Å². The number of aliphatic imine (C=N–C) groups is 1. The normalized spacial score (nSPS) is 26.0. The van der Waals surface area contributed by atoms with Gasteiger partial charge in [-0.3, -0.25) is 4.99 Å². The third kappa shape index (κ3) is 1.88. The van der Waals surface area contributed by atoms with E-state index in [1.54, 1.807) is 7.05 Å². The monoisotopic (exact) mass is 171 g/mol. The summed E-state index contributed by atoms with van der Waals surface area (Å²) in [6.45, 7) is 4.52. The van der Waals surface area contributed by atoms with E-state index in [1.807, 2.05) is 0 Å². The maximum atomic E-state index is 5.73. The molecular formula is C8H17N3O. The van der Waals surface area contributed by atoms with Crippen molar-refractivity contribution >= 4 is 5.96 Å². The predicted molar refractivity (Wildman–Crippen MR) is 49.2 cm³/mol. The van der Waals surface area contributed by atoms with Gasteiger partial charge in [0.25, 0.3) is 0 Å². The molecule has 0 bridgehead atoms. The predicted octanol–water partition coefficient (Wildman–Crippen LogP) is 0.0417. The fraction of sp³-hybridized carbons (Fsp3) is 0.875. The summed E-state index contributed by atoms with van der Waals surface area (Å²) in [6, 6.07) is 0.405. The molecule has 1 unspecified atom stereocenters. The molecule has 0 aliphatic carbocycles. The number of guanidine groups is 1. The Hall–Kier alpha value is -0.770. The second-order valence-electron chi connectivity index (χ2n) is 2.91. The fourth-order valence-corrected chi connectivity index (χ4v) is 1.42. The molecule has 12 heavy (non-hydrogen) atoms. The summed E-state index contributed by atoms with van der Waals surface area (Å²) < 4.78 is 5.35. The molecule has 0 aromatic heterocycles. The average Bonchev–Trinajstić information content (AvgIpc) is 2.16. The second kappa shape index (κ2) is 4.30. The van der Waals surface area contributed by atoms with E-state index in [0.717, 1.165) is 26.2 Å². The number of hydrogen-bond donors (Lipinski definition) is 1. The molecule has 1 aliphatic rings. The lowest BCUT2D eigenvalue weighted by Gasteiger charge is -2.35. The zero-order valence-corrected chi connectivity index (χ0v) is 7.79. The van der Waals surface area contributed by atoms with Crippen LogP contribution in [0.5, 0.6) is 0 Å². The Morgan fingerprint density at radius 2 is 2.50 bits per heavy atom. The molecule has 0 aromatic carbocycles. The minimum Gasteiger partial charge on any atom is -0.377 e. The molecule has 70 valence electrons. The molecule has 1 atom stereocenters. The van der Waals surface area contributed by atoms with Gasteiger partial charge in [-0.2, -0.15) is 0 Å². The van der Waals surface area contributed by atoms with Crippen molar-refractivity contribution in [2.75, 3.05) is 26.8 Å². The molecule has 0 spiro atoms. The van der Waals surface area contributed by atoms with Crippen LogP contribution < -0.4 is 5.73 Å². The average molecular weight is 171 g/mol. The summed E-state index contributed by atoms with van der Waals surface area (Å²) in [4.78, 5) is 6.09. The molecule has 1 rings (SSSR count). The number of rotatable bonds is 1. The summed E-state index contributed by atoms with van der Waals surface area (Å²) in [5.74, 6) is 0.630. The van der Waals surface area contributed by atoms with Crippen LogP contribution in [0.25, 0.3) is 0 Å². The molecule has 0 saturated carbocycles. The van der Waals surface area contributed by atoms with Crippen LogP contribution >= 0.6 is 0 Å². The highest BCUT2D eigenvalue weighted by molar-refractivity contribution is 5.78. The topological polar surface area (TPSA) is 50.9 Å². The van der Waals surface area contributed by atoms with Gasteiger partial charge in [0.1, 0.15) is 0 Å². The highest BCUT2D eigenvalue weighted by atomic mass is 16.5. The highest BCUT2D eigenvalue weighted by Crippen LogP contribution is 2.09. The Balaban J connectivity index is 2.58. The number of nitrogens with zero attached hydrogens (tertiary/aromatic N) is 2. The van der Waals surface area contributed by atoms with Crippen molar-refractivity contribution in [3.05, 3.63) is 0 Å². The van der Waals surface area contributed by atoms with Gasteiger partial charge >= 0.3 is 0 Å². The van der Waals surface area contributed by atoms with Gasteiger partial charge in [-0.1, -0.05) is 6.92 Å². The lowest BCUT2D eigenvalue weighted by atomic mass is 10.2. The molecule has 2 N–H and O–H groups in total. The van der Waals surface area contributed by atoms with Crippen LogP contribution in [0.2, 0.25) is 0 Å². The Morgan fingerprint density at radius 3 is 3.08 bits per heavy atom. The largest absolute Gasteiger partial charge is 0.377 e. The summed E-state index contributed by atoms with van der Waals surface area (Å²) in [5.41, 5.74) is 5.73. The molecule has 0 radical (unpaired) electrons. The molecule has 0 aromatic rings. The maximum absolute atomic E-state index is 5.73. The van der Waals surface area contributed by atoms with E-state index in [0.29, 0.717) is 12.0 Å². The lowest BCUT2D eigenvalue weighted by Crippen LogP contribution is -2.51. The Kier molecular flexibility index (Phi) is 3.34. The van der Waals surface area contributed by atoms with Crippen LogP contribution in [0.1, 0.15) is 13.3 Å². The molecule has 1 fully saturated rings. The third-order valence-electron chi connectivity index (χ3n) is 2.22. The van der Waals surface area contributed by atoms with E-state index < -0.39 is 0 Å². The van der Waals surface area contributed by atoms with Crippen molar-refractivity contribution in [2.24, 2.45) is 10.7 Å². The summed E-state index contributed by atoms with van der Waals surface area (Å²) in [6.07, 6.45) is 1.05. The first-order chi connectivity index (χ1) is 5.79. The molecule has 1 saturated heterocycles. The summed E-state index contributed by atoms with van der Waals surface area (Å²) in [5, 5.41) is 0. The zero-order chi connectivity index (χ0) is 8.97. The second-order valence-corrected chi connectivity index (χ2v) is 2.91. The van der Waals surface area contributed by atoms with Crippen molar-refractivity contribution in [2.45, 2.75) is 19.4 Å². The van der Waals surface area contributed by atoms with Gasteiger partial charge in [0.2, 0.25) is 0 Å². The van der Waals surface area contributed by atoms with E-state index in [1.165, 1.54) is 0 Å². The van der Waals surface area contributed by atoms with E-state index >= 15 is 0 Å². The van der Waals surface area contributed by atoms with Gasteiger partial charge in [0.15, 0.2) is 5.96 Å². The van der Waals surface area contributed by atoms with Crippen LogP contribution in [0.4, 0.5) is 0 Å². The lowest BCUT2D eigenvalue weighted by molar-refractivity contribution is 0.0246. The zero-order valence-electron chi connectivity index (χ0n) is 7.79. The standard InChI is InChI=1S/C8H17N3O/c1-3-7-6-12-5-4-11(7)8(9)10-2/h7H,3-6H2,1-2H3,(H2,9,10). The number of morpholine rings is 1. The summed E-state index contributed by atoms with van der Waals surface area (Å²) >= 11 is 0. The van der Waals surface area contributed by atoms with Crippen molar-refractivity contribution < 1.29 is 4.74 Å². The molecule has 1 heterocycles. The van der Waals surface area contributed by atoms with Crippen molar-refractivity contribution in [3.8, 4) is 0 Å². The SMILES string of the molecule is CCC1COCCN1C(N)=NC.